The number of likely N-dealkylation sites (tertiary alicyclic amines) is 2. The maximum Gasteiger partial charge on any atom is 0.259 e. The number of amides is 2. The van der Waals surface area contributed by atoms with Crippen LogP contribution in [0, 0.1) is 18.8 Å². The Hall–Kier alpha value is -3.22. The van der Waals surface area contributed by atoms with Crippen LogP contribution in [-0.4, -0.2) is 55.8 Å². The summed E-state index contributed by atoms with van der Waals surface area (Å²) in [5.41, 5.74) is 3.33. The summed E-state index contributed by atoms with van der Waals surface area (Å²) in [5, 5.41) is 4.30. The van der Waals surface area contributed by atoms with E-state index >= 15 is 0 Å². The van der Waals surface area contributed by atoms with Crippen LogP contribution in [0.3, 0.4) is 0 Å². The van der Waals surface area contributed by atoms with Gasteiger partial charge in [0.25, 0.3) is 5.91 Å². The molecule has 33 heavy (non-hydrogen) atoms. The van der Waals surface area contributed by atoms with Gasteiger partial charge in [-0.25, -0.2) is 9.50 Å². The van der Waals surface area contributed by atoms with Crippen LogP contribution < -0.4 is 0 Å². The van der Waals surface area contributed by atoms with Crippen molar-refractivity contribution in [2.45, 2.75) is 45.6 Å². The van der Waals surface area contributed by atoms with Gasteiger partial charge in [-0.15, -0.1) is 0 Å². The third kappa shape index (κ3) is 4.49. The first-order valence-electron chi connectivity index (χ1n) is 12.0. The number of hydrogen-bond acceptors (Lipinski definition) is 4. The Balaban J connectivity index is 1.24. The predicted octanol–water partition coefficient (Wildman–Crippen LogP) is 3.72. The fraction of sp³-hybridized carbons (Fsp3) is 0.462. The molecule has 2 amide bonds. The molecule has 2 aliphatic rings. The van der Waals surface area contributed by atoms with Gasteiger partial charge in [-0.2, -0.15) is 5.10 Å². The second-order valence-electron chi connectivity index (χ2n) is 9.44. The Morgan fingerprint density at radius 3 is 2.61 bits per heavy atom. The number of benzene rings is 1. The van der Waals surface area contributed by atoms with Gasteiger partial charge in [-0.3, -0.25) is 9.59 Å². The highest BCUT2D eigenvalue weighted by atomic mass is 16.2. The van der Waals surface area contributed by atoms with Crippen molar-refractivity contribution in [2.24, 2.45) is 11.8 Å². The number of carbonyl (C=O) groups is 2. The van der Waals surface area contributed by atoms with E-state index in [2.05, 4.69) is 27.1 Å². The lowest BCUT2D eigenvalue weighted by Crippen LogP contribution is -2.44. The Labute approximate surface area is 194 Å². The van der Waals surface area contributed by atoms with Crippen LogP contribution >= 0.6 is 0 Å². The molecule has 172 valence electrons. The van der Waals surface area contributed by atoms with Crippen molar-refractivity contribution < 1.29 is 9.59 Å². The van der Waals surface area contributed by atoms with Gasteiger partial charge in [0.15, 0.2) is 5.65 Å². The minimum absolute atomic E-state index is 0.0160. The van der Waals surface area contributed by atoms with Crippen molar-refractivity contribution in [1.29, 1.82) is 0 Å². The SMILES string of the molecule is Cc1cnc2c(C(=O)N3CCC([C@@H]4CCCCN(Cc5ccccc5)C4=O)CC3)cnn2c1. The largest absolute Gasteiger partial charge is 0.338 e. The smallest absolute Gasteiger partial charge is 0.259 e. The molecule has 0 bridgehead atoms. The zero-order valence-corrected chi connectivity index (χ0v) is 19.2. The van der Waals surface area contributed by atoms with E-state index in [0.29, 0.717) is 42.7 Å². The van der Waals surface area contributed by atoms with Crippen molar-refractivity contribution in [3.05, 3.63) is 65.6 Å². The molecule has 7 heteroatoms. The highest BCUT2D eigenvalue weighted by molar-refractivity contribution is 5.99. The van der Waals surface area contributed by atoms with Gasteiger partial charge in [0, 0.05) is 44.5 Å². The van der Waals surface area contributed by atoms with E-state index in [-0.39, 0.29) is 11.8 Å². The van der Waals surface area contributed by atoms with Crippen LogP contribution in [0.25, 0.3) is 5.65 Å². The molecule has 5 rings (SSSR count). The van der Waals surface area contributed by atoms with Gasteiger partial charge in [0.05, 0.1) is 6.20 Å². The van der Waals surface area contributed by atoms with E-state index in [4.69, 9.17) is 0 Å². The summed E-state index contributed by atoms with van der Waals surface area (Å²) < 4.78 is 1.67. The molecular weight excluding hydrogens is 414 g/mol. The van der Waals surface area contributed by atoms with E-state index < -0.39 is 0 Å². The monoisotopic (exact) mass is 445 g/mol. The molecular formula is C26H31N5O2. The second kappa shape index (κ2) is 9.33. The van der Waals surface area contributed by atoms with E-state index in [0.717, 1.165) is 44.2 Å². The number of aryl methyl sites for hydroxylation is 1. The van der Waals surface area contributed by atoms with Crippen LogP contribution in [0.15, 0.2) is 48.9 Å². The van der Waals surface area contributed by atoms with Gasteiger partial charge in [-0.1, -0.05) is 36.8 Å². The quantitative estimate of drug-likeness (QED) is 0.614. The van der Waals surface area contributed by atoms with Crippen molar-refractivity contribution >= 4 is 17.5 Å². The topological polar surface area (TPSA) is 70.8 Å². The third-order valence-electron chi connectivity index (χ3n) is 7.15. The Morgan fingerprint density at radius 2 is 1.82 bits per heavy atom. The van der Waals surface area contributed by atoms with E-state index in [1.54, 1.807) is 16.9 Å². The van der Waals surface area contributed by atoms with Crippen LogP contribution in [0.2, 0.25) is 0 Å². The van der Waals surface area contributed by atoms with Crippen molar-refractivity contribution in [3.8, 4) is 0 Å². The predicted molar refractivity (Wildman–Crippen MR) is 126 cm³/mol. The molecule has 2 aliphatic heterocycles. The number of hydrogen-bond donors (Lipinski definition) is 0. The van der Waals surface area contributed by atoms with E-state index in [1.165, 1.54) is 5.56 Å². The number of carbonyl (C=O) groups excluding carboxylic acids is 2. The molecule has 2 aromatic heterocycles. The van der Waals surface area contributed by atoms with Gasteiger partial charge >= 0.3 is 0 Å². The minimum atomic E-state index is -0.0160. The molecule has 0 spiro atoms. The van der Waals surface area contributed by atoms with Crippen LogP contribution in [0.1, 0.15) is 53.6 Å². The maximum atomic E-state index is 13.5. The van der Waals surface area contributed by atoms with Crippen molar-refractivity contribution in [3.63, 3.8) is 0 Å². The maximum absolute atomic E-state index is 13.5. The van der Waals surface area contributed by atoms with E-state index in [1.807, 2.05) is 36.2 Å². The zero-order valence-electron chi connectivity index (χ0n) is 19.2. The van der Waals surface area contributed by atoms with Gasteiger partial charge in [0.2, 0.25) is 5.91 Å². The summed E-state index contributed by atoms with van der Waals surface area (Å²) in [7, 11) is 0. The number of rotatable bonds is 4. The summed E-state index contributed by atoms with van der Waals surface area (Å²) in [6, 6.07) is 10.3. The van der Waals surface area contributed by atoms with Gasteiger partial charge in [-0.05, 0) is 49.7 Å². The fourth-order valence-corrected chi connectivity index (χ4v) is 5.33. The summed E-state index contributed by atoms with van der Waals surface area (Å²) in [4.78, 5) is 35.0. The first kappa shape index (κ1) is 21.6. The summed E-state index contributed by atoms with van der Waals surface area (Å²) in [6.45, 7) is 4.83. The zero-order chi connectivity index (χ0) is 22.8. The molecule has 0 aliphatic carbocycles. The average molecular weight is 446 g/mol. The number of piperidine rings is 1. The molecule has 2 saturated heterocycles. The standard InChI is InChI=1S/C26H31N5O2/c1-19-15-27-24-23(16-28-31(24)17-19)26(33)29-13-10-21(11-14-29)22-9-5-6-12-30(25(22)32)18-20-7-3-2-4-8-20/h2-4,7-8,15-17,21-22H,5-6,9-14,18H2,1H3/t22-/m0/s1. The average Bonchev–Trinajstić information content (AvgIpc) is 3.17. The molecule has 2 fully saturated rings. The number of aromatic nitrogens is 3. The van der Waals surface area contributed by atoms with Crippen LogP contribution in [0.5, 0.6) is 0 Å². The highest BCUT2D eigenvalue weighted by Gasteiger charge is 2.36. The Morgan fingerprint density at radius 1 is 1.03 bits per heavy atom. The van der Waals surface area contributed by atoms with Crippen LogP contribution in [-0.2, 0) is 11.3 Å². The lowest BCUT2D eigenvalue weighted by molar-refractivity contribution is -0.137. The molecule has 0 unspecified atom stereocenters. The molecule has 1 aromatic carbocycles. The van der Waals surface area contributed by atoms with Crippen LogP contribution in [0.4, 0.5) is 0 Å². The molecule has 0 saturated carbocycles. The number of nitrogens with zero attached hydrogens (tertiary/aromatic N) is 5. The van der Waals surface area contributed by atoms with Gasteiger partial charge in [0.1, 0.15) is 5.56 Å². The first-order chi connectivity index (χ1) is 16.1. The summed E-state index contributed by atoms with van der Waals surface area (Å²) in [6.07, 6.45) is 10.1. The summed E-state index contributed by atoms with van der Waals surface area (Å²) in [5.74, 6) is 0.679. The number of fused-ring (bicyclic) bond motifs is 1. The normalized spacial score (nSPS) is 20.3. The second-order valence-corrected chi connectivity index (χ2v) is 9.44. The first-order valence-corrected chi connectivity index (χ1v) is 12.0. The molecule has 0 N–H and O–H groups in total. The lowest BCUT2D eigenvalue weighted by atomic mass is 9.81. The van der Waals surface area contributed by atoms with Crippen molar-refractivity contribution in [2.75, 3.05) is 19.6 Å². The Bertz CT molecular complexity index is 1130. The highest BCUT2D eigenvalue weighted by Crippen LogP contribution is 2.33. The molecule has 4 heterocycles. The van der Waals surface area contributed by atoms with Crippen molar-refractivity contribution in [1.82, 2.24) is 24.4 Å². The summed E-state index contributed by atoms with van der Waals surface area (Å²) >= 11 is 0. The molecule has 3 aromatic rings. The third-order valence-corrected chi connectivity index (χ3v) is 7.15. The fourth-order valence-electron chi connectivity index (χ4n) is 5.33. The van der Waals surface area contributed by atoms with E-state index in [9.17, 15) is 9.59 Å². The lowest BCUT2D eigenvalue weighted by Gasteiger charge is -2.36. The minimum Gasteiger partial charge on any atom is -0.338 e. The molecule has 7 nitrogen and oxygen atoms in total. The Kier molecular flexibility index (Phi) is 6.11. The molecule has 0 radical (unpaired) electrons. The molecule has 1 atom stereocenters. The van der Waals surface area contributed by atoms with Gasteiger partial charge < -0.3 is 9.80 Å².